The number of halogens is 1. The number of alkyl halides is 1. The maximum absolute atomic E-state index is 12.1. The first-order chi connectivity index (χ1) is 13.2. The van der Waals surface area contributed by atoms with E-state index in [0.29, 0.717) is 24.2 Å². The predicted octanol–water partition coefficient (Wildman–Crippen LogP) is 5.75. The normalized spacial score (nSPS) is 47.3. The van der Waals surface area contributed by atoms with Crippen molar-refractivity contribution in [1.29, 1.82) is 0 Å². The Morgan fingerprint density at radius 2 is 1.93 bits per heavy atom. The average Bonchev–Trinajstić information content (AvgIpc) is 2.93. The number of thioether (sulfide) groups is 2. The zero-order valence-electron chi connectivity index (χ0n) is 17.7. The Balaban J connectivity index is 1.78. The molecule has 0 aromatic rings. The van der Waals surface area contributed by atoms with E-state index >= 15 is 0 Å². The van der Waals surface area contributed by atoms with Crippen molar-refractivity contribution < 1.29 is 11.3 Å². The van der Waals surface area contributed by atoms with Crippen molar-refractivity contribution in [2.24, 2.45) is 34.5 Å². The van der Waals surface area contributed by atoms with Crippen molar-refractivity contribution >= 4 is 50.0 Å². The van der Waals surface area contributed by atoms with E-state index < -0.39 is 20.6 Å². The summed E-state index contributed by atoms with van der Waals surface area (Å²) in [5.74, 6) is 2.51. The molecule has 4 aliphatic rings. The number of fused-ring (bicyclic) bond motifs is 5. The van der Waals surface area contributed by atoms with E-state index in [1.54, 1.807) is 0 Å². The van der Waals surface area contributed by atoms with Gasteiger partial charge < -0.3 is 0 Å². The molecule has 6 unspecified atom stereocenters. The number of hydrogen-bond donors (Lipinski definition) is 1. The molecular weight excluding hydrogens is 503 g/mol. The molecular formula is C22H35IO3S2. The van der Waals surface area contributed by atoms with Crippen molar-refractivity contribution in [3.63, 3.8) is 0 Å². The van der Waals surface area contributed by atoms with Gasteiger partial charge in [0.25, 0.3) is 0 Å². The van der Waals surface area contributed by atoms with E-state index in [4.69, 9.17) is 3.07 Å². The van der Waals surface area contributed by atoms with Crippen LogP contribution < -0.4 is 0 Å². The molecule has 0 aromatic heterocycles. The summed E-state index contributed by atoms with van der Waals surface area (Å²) in [6, 6.07) is 0. The summed E-state index contributed by atoms with van der Waals surface area (Å²) < 4.78 is 17.0. The molecule has 3 nitrogen and oxygen atoms in total. The Bertz CT molecular complexity index is 664. The Labute approximate surface area is 187 Å². The van der Waals surface area contributed by atoms with Gasteiger partial charge in [-0.1, -0.05) is 0 Å². The zero-order valence-corrected chi connectivity index (χ0v) is 21.5. The molecule has 0 radical (unpaired) electrons. The van der Waals surface area contributed by atoms with Gasteiger partial charge in [0.2, 0.25) is 0 Å². The summed E-state index contributed by atoms with van der Waals surface area (Å²) in [7, 11) is 0. The van der Waals surface area contributed by atoms with Crippen molar-refractivity contribution in [3.8, 4) is 0 Å². The van der Waals surface area contributed by atoms with Gasteiger partial charge in [0.05, 0.1) is 0 Å². The Kier molecular flexibility index (Phi) is 6.05. The molecule has 0 saturated heterocycles. The second kappa shape index (κ2) is 7.72. The van der Waals surface area contributed by atoms with Gasteiger partial charge in [-0.2, -0.15) is 0 Å². The first kappa shape index (κ1) is 22.0. The minimum absolute atomic E-state index is 0.0267. The van der Waals surface area contributed by atoms with Crippen molar-refractivity contribution in [2.75, 3.05) is 17.4 Å². The van der Waals surface area contributed by atoms with E-state index in [2.05, 4.69) is 32.4 Å². The molecule has 0 spiro atoms. The van der Waals surface area contributed by atoms with E-state index in [-0.39, 0.29) is 26.8 Å². The summed E-state index contributed by atoms with van der Waals surface area (Å²) in [4.78, 5) is 14.0. The molecule has 4 aliphatic carbocycles. The van der Waals surface area contributed by atoms with Crippen LogP contribution in [0.4, 0.5) is 0 Å². The standard InChI is InChI=1S/C22H35IO3S2/c1-20-10-8-15(24)12-14(20)6-7-16-17-9-11-22(27-4,28-5)21(17,2)13-18(19(16)20)26-23(3)25/h8,10,14,16-19,25H,6-7,9,11-13H2,1-5H3/t14?,16?,17?,18-,19?,20?,21?/m0/s1. The fraction of sp³-hybridized carbons (Fsp3) is 0.864. The molecule has 160 valence electrons. The number of hydrogen-bond acceptors (Lipinski definition) is 5. The Hall–Kier alpha value is 0.760. The molecule has 7 atom stereocenters. The summed E-state index contributed by atoms with van der Waals surface area (Å²) >= 11 is 1.78. The number of ketones is 1. The van der Waals surface area contributed by atoms with Crippen LogP contribution in [0.2, 0.25) is 0 Å². The van der Waals surface area contributed by atoms with Crippen molar-refractivity contribution in [3.05, 3.63) is 12.2 Å². The van der Waals surface area contributed by atoms with Crippen LogP contribution in [0.3, 0.4) is 0 Å². The van der Waals surface area contributed by atoms with E-state index in [0.717, 1.165) is 18.8 Å². The summed E-state index contributed by atoms with van der Waals surface area (Å²) in [6.45, 7) is 4.90. The van der Waals surface area contributed by atoms with Crippen LogP contribution in [0.15, 0.2) is 12.2 Å². The molecule has 4 rings (SSSR count). The fourth-order valence-corrected chi connectivity index (χ4v) is 11.8. The van der Waals surface area contributed by atoms with Gasteiger partial charge in [-0.25, -0.2) is 0 Å². The van der Waals surface area contributed by atoms with E-state index in [1.165, 1.54) is 19.3 Å². The third-order valence-corrected chi connectivity index (χ3v) is 14.0. The third-order valence-electron chi connectivity index (χ3n) is 8.90. The SMILES string of the molecule is CSC1(SC)CCC2C3CCC4CC(=O)C=CC4(C)C3[C@@H](OI(C)O)CC21C. The van der Waals surface area contributed by atoms with E-state index in [1.807, 2.05) is 34.5 Å². The van der Waals surface area contributed by atoms with Gasteiger partial charge in [-0.05, 0) is 0 Å². The molecule has 3 saturated carbocycles. The first-order valence-corrected chi connectivity index (χ1v) is 16.9. The molecule has 1 N–H and O–H groups in total. The van der Waals surface area contributed by atoms with Crippen molar-refractivity contribution in [1.82, 2.24) is 0 Å². The van der Waals surface area contributed by atoms with Crippen LogP contribution in [0.25, 0.3) is 0 Å². The van der Waals surface area contributed by atoms with Gasteiger partial charge in [0, 0.05) is 0 Å². The molecule has 28 heavy (non-hydrogen) atoms. The molecule has 0 heterocycles. The molecule has 6 heteroatoms. The predicted molar refractivity (Wildman–Crippen MR) is 129 cm³/mol. The molecule has 0 aromatic carbocycles. The minimum atomic E-state index is -2.32. The number of carbonyl (C=O) groups is 1. The van der Waals surface area contributed by atoms with Crippen LogP contribution in [0.5, 0.6) is 0 Å². The monoisotopic (exact) mass is 538 g/mol. The van der Waals surface area contributed by atoms with Crippen LogP contribution in [0.1, 0.15) is 52.4 Å². The van der Waals surface area contributed by atoms with Crippen LogP contribution in [0, 0.1) is 34.5 Å². The molecule has 0 bridgehead atoms. The van der Waals surface area contributed by atoms with Crippen LogP contribution >= 0.6 is 44.2 Å². The first-order valence-electron chi connectivity index (χ1n) is 10.5. The molecule has 0 amide bonds. The second-order valence-electron chi connectivity index (χ2n) is 9.78. The van der Waals surface area contributed by atoms with Gasteiger partial charge in [0.1, 0.15) is 0 Å². The topological polar surface area (TPSA) is 46.5 Å². The third kappa shape index (κ3) is 3.09. The van der Waals surface area contributed by atoms with Gasteiger partial charge in [-0.3, -0.25) is 0 Å². The summed E-state index contributed by atoms with van der Waals surface area (Å²) in [6.07, 6.45) is 15.5. The average molecular weight is 539 g/mol. The maximum atomic E-state index is 12.1. The zero-order chi connectivity index (χ0) is 20.3. The van der Waals surface area contributed by atoms with Gasteiger partial charge >= 0.3 is 188 Å². The number of rotatable bonds is 4. The number of allylic oxidation sites excluding steroid dienone is 2. The Morgan fingerprint density at radius 3 is 2.57 bits per heavy atom. The van der Waals surface area contributed by atoms with Crippen molar-refractivity contribution in [2.45, 2.75) is 62.6 Å². The fourth-order valence-electron chi connectivity index (χ4n) is 7.67. The summed E-state index contributed by atoms with van der Waals surface area (Å²) in [5, 5.41) is 0. The van der Waals surface area contributed by atoms with Crippen LogP contribution in [-0.2, 0) is 7.86 Å². The van der Waals surface area contributed by atoms with Crippen LogP contribution in [-0.4, -0.2) is 36.8 Å². The Morgan fingerprint density at radius 1 is 1.21 bits per heavy atom. The number of carbonyl (C=O) groups excluding carboxylic acids is 1. The molecule has 3 fully saturated rings. The quantitative estimate of drug-likeness (QED) is 0.281. The molecule has 0 aliphatic heterocycles. The second-order valence-corrected chi connectivity index (χ2v) is 15.0. The van der Waals surface area contributed by atoms with E-state index in [9.17, 15) is 8.23 Å². The van der Waals surface area contributed by atoms with Gasteiger partial charge in [-0.15, -0.1) is 0 Å². The van der Waals surface area contributed by atoms with Gasteiger partial charge in [0.15, 0.2) is 0 Å². The summed E-state index contributed by atoms with van der Waals surface area (Å²) in [5.41, 5.74) is 0.264.